The van der Waals surface area contributed by atoms with Gasteiger partial charge in [0, 0.05) is 16.6 Å². The highest BCUT2D eigenvalue weighted by Gasteiger charge is 2.35. The summed E-state index contributed by atoms with van der Waals surface area (Å²) in [7, 11) is 0. The van der Waals surface area contributed by atoms with Gasteiger partial charge in [0.1, 0.15) is 0 Å². The zero-order valence-electron chi connectivity index (χ0n) is 13.6. The van der Waals surface area contributed by atoms with Gasteiger partial charge in [0.25, 0.3) is 5.91 Å². The number of carbonyl (C=O) groups is 1. The molecule has 7 heteroatoms. The smallest absolute Gasteiger partial charge is 0.264 e. The Labute approximate surface area is 154 Å². The van der Waals surface area contributed by atoms with Crippen molar-refractivity contribution in [3.63, 3.8) is 0 Å². The molecule has 1 saturated carbocycles. The molecule has 0 spiro atoms. The molecular weight excluding hydrogens is 358 g/mol. The number of aryl methyl sites for hydroxylation is 1. The lowest BCUT2D eigenvalue weighted by atomic mass is 10.2. The van der Waals surface area contributed by atoms with E-state index in [1.807, 2.05) is 35.4 Å². The van der Waals surface area contributed by atoms with E-state index in [0.29, 0.717) is 23.3 Å². The molecule has 0 saturated heterocycles. The highest BCUT2D eigenvalue weighted by molar-refractivity contribution is 7.12. The predicted octanol–water partition coefficient (Wildman–Crippen LogP) is 4.56. The van der Waals surface area contributed by atoms with Crippen molar-refractivity contribution in [2.75, 3.05) is 0 Å². The topological polar surface area (TPSA) is 59.2 Å². The molecule has 2 heterocycles. The van der Waals surface area contributed by atoms with E-state index >= 15 is 0 Å². The van der Waals surface area contributed by atoms with Gasteiger partial charge in [-0.15, -0.1) is 21.5 Å². The van der Waals surface area contributed by atoms with Crippen LogP contribution in [0.25, 0.3) is 11.5 Å². The van der Waals surface area contributed by atoms with Gasteiger partial charge in [0.2, 0.25) is 11.8 Å². The summed E-state index contributed by atoms with van der Waals surface area (Å²) in [4.78, 5) is 15.5. The van der Waals surface area contributed by atoms with Crippen LogP contribution in [0.15, 0.2) is 40.1 Å². The second-order valence-electron chi connectivity index (χ2n) is 6.10. The number of nitrogens with zero attached hydrogens (tertiary/aromatic N) is 3. The molecule has 128 valence electrons. The normalized spacial score (nSPS) is 13.8. The first-order valence-corrected chi connectivity index (χ1v) is 9.31. The molecular formula is C18H16ClN3O2S. The third-order valence-corrected chi connectivity index (χ3v) is 5.42. The average Bonchev–Trinajstić information content (AvgIpc) is 3.18. The maximum atomic E-state index is 12.9. The second kappa shape index (κ2) is 6.61. The Balaban J connectivity index is 1.54. The number of amides is 1. The Hall–Kier alpha value is -2.18. The second-order valence-corrected chi connectivity index (χ2v) is 7.46. The zero-order valence-corrected chi connectivity index (χ0v) is 15.2. The van der Waals surface area contributed by atoms with E-state index in [2.05, 4.69) is 10.2 Å². The van der Waals surface area contributed by atoms with Crippen molar-refractivity contribution in [1.29, 1.82) is 0 Å². The first kappa shape index (κ1) is 16.3. The van der Waals surface area contributed by atoms with E-state index in [9.17, 15) is 4.79 Å². The van der Waals surface area contributed by atoms with Crippen LogP contribution in [-0.2, 0) is 6.54 Å². The predicted molar refractivity (Wildman–Crippen MR) is 96.7 cm³/mol. The van der Waals surface area contributed by atoms with Crippen molar-refractivity contribution >= 4 is 28.8 Å². The maximum Gasteiger partial charge on any atom is 0.264 e. The lowest BCUT2D eigenvalue weighted by molar-refractivity contribution is 0.0719. The Kier molecular flexibility index (Phi) is 4.31. The van der Waals surface area contributed by atoms with Crippen molar-refractivity contribution in [3.05, 3.63) is 57.1 Å². The van der Waals surface area contributed by atoms with E-state index in [-0.39, 0.29) is 11.9 Å². The summed E-state index contributed by atoms with van der Waals surface area (Å²) in [6, 6.07) is 9.45. The number of rotatable bonds is 5. The number of halogens is 1. The minimum Gasteiger partial charge on any atom is -0.419 e. The van der Waals surface area contributed by atoms with E-state index in [0.717, 1.165) is 28.8 Å². The monoisotopic (exact) mass is 373 g/mol. The lowest BCUT2D eigenvalue weighted by Crippen LogP contribution is -2.32. The van der Waals surface area contributed by atoms with Gasteiger partial charge in [-0.25, -0.2) is 0 Å². The summed E-state index contributed by atoms with van der Waals surface area (Å²) in [5.41, 5.74) is 1.81. The number of thiophene rings is 1. The van der Waals surface area contributed by atoms with E-state index < -0.39 is 0 Å². The van der Waals surface area contributed by atoms with Crippen molar-refractivity contribution in [2.24, 2.45) is 0 Å². The van der Waals surface area contributed by atoms with Crippen LogP contribution in [0, 0.1) is 6.92 Å². The molecule has 0 bridgehead atoms. The molecule has 0 aliphatic heterocycles. The van der Waals surface area contributed by atoms with Gasteiger partial charge in [0.15, 0.2) is 0 Å². The number of aromatic nitrogens is 2. The van der Waals surface area contributed by atoms with Gasteiger partial charge >= 0.3 is 0 Å². The molecule has 0 atom stereocenters. The molecule has 1 aromatic carbocycles. The van der Waals surface area contributed by atoms with Crippen LogP contribution in [0.2, 0.25) is 5.02 Å². The fourth-order valence-corrected chi connectivity index (χ4v) is 3.65. The summed E-state index contributed by atoms with van der Waals surface area (Å²) in [5.74, 6) is 0.919. The molecule has 0 radical (unpaired) electrons. The molecule has 4 rings (SSSR count). The SMILES string of the molecule is Cc1ccsc1C(=O)N(Cc1nnc(-c2ccc(Cl)cc2)o1)C1CC1. The summed E-state index contributed by atoms with van der Waals surface area (Å²) in [5, 5.41) is 10.8. The minimum atomic E-state index is 0.0428. The minimum absolute atomic E-state index is 0.0428. The quantitative estimate of drug-likeness (QED) is 0.657. The molecule has 25 heavy (non-hydrogen) atoms. The highest BCUT2D eigenvalue weighted by Crippen LogP contribution is 2.32. The first-order valence-electron chi connectivity index (χ1n) is 8.05. The Morgan fingerprint density at radius 3 is 2.68 bits per heavy atom. The summed E-state index contributed by atoms with van der Waals surface area (Å²) < 4.78 is 5.76. The summed E-state index contributed by atoms with van der Waals surface area (Å²) in [6.45, 7) is 2.29. The van der Waals surface area contributed by atoms with Gasteiger partial charge in [0.05, 0.1) is 11.4 Å². The van der Waals surface area contributed by atoms with Crippen LogP contribution in [0.1, 0.15) is 34.0 Å². The molecule has 1 aliphatic rings. The molecule has 5 nitrogen and oxygen atoms in total. The van der Waals surface area contributed by atoms with Crippen molar-refractivity contribution in [2.45, 2.75) is 32.4 Å². The fraction of sp³-hybridized carbons (Fsp3) is 0.278. The third kappa shape index (κ3) is 3.45. The van der Waals surface area contributed by atoms with E-state index in [4.69, 9.17) is 16.0 Å². The average molecular weight is 374 g/mol. The molecule has 0 unspecified atom stereocenters. The maximum absolute atomic E-state index is 12.9. The van der Waals surface area contributed by atoms with Crippen LogP contribution in [0.5, 0.6) is 0 Å². The molecule has 3 aromatic rings. The van der Waals surface area contributed by atoms with Crippen LogP contribution >= 0.6 is 22.9 Å². The Morgan fingerprint density at radius 2 is 2.04 bits per heavy atom. The van der Waals surface area contributed by atoms with Gasteiger partial charge in [-0.2, -0.15) is 0 Å². The molecule has 0 N–H and O–H groups in total. The largest absolute Gasteiger partial charge is 0.419 e. The number of hydrogen-bond acceptors (Lipinski definition) is 5. The molecule has 1 aliphatic carbocycles. The van der Waals surface area contributed by atoms with E-state index in [1.165, 1.54) is 11.3 Å². The van der Waals surface area contributed by atoms with Gasteiger partial charge in [-0.3, -0.25) is 4.79 Å². The number of carbonyl (C=O) groups excluding carboxylic acids is 1. The molecule has 1 amide bonds. The van der Waals surface area contributed by atoms with Gasteiger partial charge in [-0.1, -0.05) is 11.6 Å². The van der Waals surface area contributed by atoms with Crippen molar-refractivity contribution < 1.29 is 9.21 Å². The number of hydrogen-bond donors (Lipinski definition) is 0. The number of benzene rings is 1. The van der Waals surface area contributed by atoms with E-state index in [1.54, 1.807) is 12.1 Å². The third-order valence-electron chi connectivity index (χ3n) is 4.17. The zero-order chi connectivity index (χ0) is 17.4. The standard InChI is InChI=1S/C18H16ClN3O2S/c1-11-8-9-25-16(11)18(23)22(14-6-7-14)10-15-20-21-17(24-15)12-2-4-13(19)5-3-12/h2-5,8-9,14H,6-7,10H2,1H3. The molecule has 2 aromatic heterocycles. The fourth-order valence-electron chi connectivity index (χ4n) is 2.65. The summed E-state index contributed by atoms with van der Waals surface area (Å²) in [6.07, 6.45) is 2.04. The first-order chi connectivity index (χ1) is 12.1. The molecule has 1 fully saturated rings. The highest BCUT2D eigenvalue weighted by atomic mass is 35.5. The van der Waals surface area contributed by atoms with Crippen LogP contribution in [-0.4, -0.2) is 27.0 Å². The summed E-state index contributed by atoms with van der Waals surface area (Å²) >= 11 is 7.38. The van der Waals surface area contributed by atoms with Crippen molar-refractivity contribution in [3.8, 4) is 11.5 Å². The van der Waals surface area contributed by atoms with Gasteiger partial charge < -0.3 is 9.32 Å². The Bertz CT molecular complexity index is 899. The van der Waals surface area contributed by atoms with Crippen LogP contribution < -0.4 is 0 Å². The van der Waals surface area contributed by atoms with Crippen LogP contribution in [0.3, 0.4) is 0 Å². The van der Waals surface area contributed by atoms with Crippen molar-refractivity contribution in [1.82, 2.24) is 15.1 Å². The Morgan fingerprint density at radius 1 is 1.28 bits per heavy atom. The lowest BCUT2D eigenvalue weighted by Gasteiger charge is -2.20. The van der Waals surface area contributed by atoms with Crippen LogP contribution in [0.4, 0.5) is 0 Å². The van der Waals surface area contributed by atoms with Gasteiger partial charge in [-0.05, 0) is 61.0 Å².